The van der Waals surface area contributed by atoms with Crippen LogP contribution in [-0.4, -0.2) is 32.4 Å². The van der Waals surface area contributed by atoms with Crippen LogP contribution in [0.5, 0.6) is 0 Å². The number of amides is 2. The van der Waals surface area contributed by atoms with Crippen molar-refractivity contribution in [2.24, 2.45) is 5.73 Å². The molecule has 2 aromatic rings. The number of carbonyl (C=O) groups excluding carboxylic acids is 2. The van der Waals surface area contributed by atoms with E-state index in [-0.39, 0.29) is 17.2 Å². The Kier molecular flexibility index (Phi) is 5.77. The number of hydrogen-bond donors (Lipinski definition) is 3. The number of nitrogen functional groups attached to an aromatic ring is 1. The molecule has 0 atom stereocenters. The van der Waals surface area contributed by atoms with Crippen LogP contribution in [0.4, 0.5) is 5.69 Å². The molecule has 1 aliphatic rings. The normalized spacial score (nSPS) is 14.9. The number of carbonyl (C=O) groups is 2. The summed E-state index contributed by atoms with van der Waals surface area (Å²) in [5.74, 6) is 6.48. The van der Waals surface area contributed by atoms with Gasteiger partial charge in [0.15, 0.2) is 5.82 Å². The van der Waals surface area contributed by atoms with Gasteiger partial charge in [0, 0.05) is 5.92 Å². The number of para-hydroxylation sites is 1. The number of nitrogens with zero attached hydrogens (tertiary/aromatic N) is 3. The van der Waals surface area contributed by atoms with Gasteiger partial charge in [-0.05, 0) is 25.0 Å². The summed E-state index contributed by atoms with van der Waals surface area (Å²) in [5, 5.41) is 11.5. The van der Waals surface area contributed by atoms with Crippen molar-refractivity contribution in [1.29, 1.82) is 0 Å². The number of primary amides is 1. The monoisotopic (exact) mass is 374 g/mol. The fraction of sp³-hybridized carbons (Fsp3) is 0.412. The molecule has 0 saturated heterocycles. The lowest BCUT2D eigenvalue weighted by Gasteiger charge is -2.20. The Hall–Kier alpha value is -2.55. The van der Waals surface area contributed by atoms with Crippen LogP contribution in [0.2, 0.25) is 0 Å². The number of hydrogen-bond acceptors (Lipinski definition) is 6. The summed E-state index contributed by atoms with van der Waals surface area (Å²) in [5.41, 5.74) is 5.98. The van der Waals surface area contributed by atoms with E-state index in [9.17, 15) is 9.59 Å². The molecule has 1 aromatic heterocycles. The lowest BCUT2D eigenvalue weighted by molar-refractivity contribution is -0.113. The summed E-state index contributed by atoms with van der Waals surface area (Å²) in [6, 6.07) is 6.61. The molecule has 138 valence electrons. The second kappa shape index (κ2) is 8.22. The maximum atomic E-state index is 12.2. The summed E-state index contributed by atoms with van der Waals surface area (Å²) in [6.45, 7) is 0. The van der Waals surface area contributed by atoms with E-state index in [1.54, 1.807) is 24.3 Å². The summed E-state index contributed by atoms with van der Waals surface area (Å²) in [4.78, 5) is 23.6. The number of benzene rings is 1. The van der Waals surface area contributed by atoms with Gasteiger partial charge in [-0.3, -0.25) is 9.59 Å². The minimum Gasteiger partial charge on any atom is -0.366 e. The minimum atomic E-state index is -0.590. The first-order valence-corrected chi connectivity index (χ1v) is 9.56. The van der Waals surface area contributed by atoms with E-state index in [1.807, 2.05) is 0 Å². The van der Waals surface area contributed by atoms with Crippen LogP contribution in [-0.2, 0) is 4.79 Å². The molecule has 2 amide bonds. The average molecular weight is 374 g/mol. The van der Waals surface area contributed by atoms with E-state index >= 15 is 0 Å². The lowest BCUT2D eigenvalue weighted by atomic mass is 9.89. The summed E-state index contributed by atoms with van der Waals surface area (Å²) < 4.78 is 1.49. The van der Waals surface area contributed by atoms with Gasteiger partial charge in [-0.2, -0.15) is 0 Å². The fourth-order valence-corrected chi connectivity index (χ4v) is 3.81. The van der Waals surface area contributed by atoms with E-state index in [4.69, 9.17) is 11.6 Å². The van der Waals surface area contributed by atoms with Crippen molar-refractivity contribution < 1.29 is 9.59 Å². The second-order valence-electron chi connectivity index (χ2n) is 6.29. The van der Waals surface area contributed by atoms with Crippen molar-refractivity contribution in [1.82, 2.24) is 14.9 Å². The van der Waals surface area contributed by atoms with Crippen molar-refractivity contribution in [3.8, 4) is 0 Å². The quantitative estimate of drug-likeness (QED) is 0.523. The van der Waals surface area contributed by atoms with Crippen molar-refractivity contribution in [3.63, 3.8) is 0 Å². The molecule has 9 heteroatoms. The Balaban J connectivity index is 1.60. The molecule has 1 aliphatic carbocycles. The standard InChI is InChI=1S/C17H22N6O2S/c18-15(25)12-8-4-5-9-13(12)20-14(24)10-26-17-22-21-16(23(17)19)11-6-2-1-3-7-11/h4-5,8-9,11H,1-3,6-7,10,19H2,(H2,18,25)(H,20,24). The Bertz CT molecular complexity index is 800. The van der Waals surface area contributed by atoms with E-state index in [0.717, 1.165) is 18.7 Å². The van der Waals surface area contributed by atoms with Gasteiger partial charge >= 0.3 is 0 Å². The second-order valence-corrected chi connectivity index (χ2v) is 7.23. The highest BCUT2D eigenvalue weighted by atomic mass is 32.2. The topological polar surface area (TPSA) is 129 Å². The van der Waals surface area contributed by atoms with Crippen LogP contribution in [0.3, 0.4) is 0 Å². The Labute approximate surface area is 155 Å². The van der Waals surface area contributed by atoms with E-state index in [0.29, 0.717) is 16.8 Å². The van der Waals surface area contributed by atoms with Gasteiger partial charge in [-0.25, -0.2) is 4.68 Å². The number of nitrogens with two attached hydrogens (primary N) is 2. The zero-order valence-electron chi connectivity index (χ0n) is 14.4. The Morgan fingerprint density at radius 2 is 1.92 bits per heavy atom. The van der Waals surface area contributed by atoms with Crippen molar-refractivity contribution in [3.05, 3.63) is 35.7 Å². The third-order valence-electron chi connectivity index (χ3n) is 4.46. The molecular weight excluding hydrogens is 352 g/mol. The van der Waals surface area contributed by atoms with Gasteiger partial charge < -0.3 is 16.9 Å². The lowest BCUT2D eigenvalue weighted by Crippen LogP contribution is -2.21. The molecule has 1 heterocycles. The predicted molar refractivity (Wildman–Crippen MR) is 100 cm³/mol. The van der Waals surface area contributed by atoms with Crippen LogP contribution in [0.25, 0.3) is 0 Å². The first kappa shape index (κ1) is 18.2. The van der Waals surface area contributed by atoms with Crippen LogP contribution in [0.15, 0.2) is 29.4 Å². The molecule has 1 saturated carbocycles. The first-order chi connectivity index (χ1) is 12.6. The van der Waals surface area contributed by atoms with Crippen molar-refractivity contribution >= 4 is 29.3 Å². The number of thioether (sulfide) groups is 1. The minimum absolute atomic E-state index is 0.104. The summed E-state index contributed by atoms with van der Waals surface area (Å²) in [6.07, 6.45) is 5.77. The molecule has 0 aliphatic heterocycles. The fourth-order valence-electron chi connectivity index (χ4n) is 3.15. The number of rotatable bonds is 6. The highest BCUT2D eigenvalue weighted by molar-refractivity contribution is 7.99. The zero-order chi connectivity index (χ0) is 18.5. The molecule has 0 unspecified atom stereocenters. The zero-order valence-corrected chi connectivity index (χ0v) is 15.2. The van der Waals surface area contributed by atoms with Crippen LogP contribution < -0.4 is 16.9 Å². The maximum Gasteiger partial charge on any atom is 0.250 e. The smallest absolute Gasteiger partial charge is 0.250 e. The number of nitrogens with one attached hydrogen (secondary N) is 1. The number of aromatic nitrogens is 3. The summed E-state index contributed by atoms with van der Waals surface area (Å²) in [7, 11) is 0. The molecule has 26 heavy (non-hydrogen) atoms. The molecule has 8 nitrogen and oxygen atoms in total. The molecule has 0 bridgehead atoms. The van der Waals surface area contributed by atoms with Gasteiger partial charge in [-0.15, -0.1) is 10.2 Å². The van der Waals surface area contributed by atoms with Crippen LogP contribution in [0, 0.1) is 0 Å². The summed E-state index contributed by atoms with van der Waals surface area (Å²) >= 11 is 1.21. The van der Waals surface area contributed by atoms with Gasteiger partial charge in [0.2, 0.25) is 11.1 Å². The molecular formula is C17H22N6O2S. The average Bonchev–Trinajstić information content (AvgIpc) is 3.01. The van der Waals surface area contributed by atoms with E-state index in [1.165, 1.54) is 35.7 Å². The molecule has 1 aromatic carbocycles. The van der Waals surface area contributed by atoms with Gasteiger partial charge in [0.05, 0.1) is 17.0 Å². The SMILES string of the molecule is NC(=O)c1ccccc1NC(=O)CSc1nnc(C2CCCCC2)n1N. The van der Waals surface area contributed by atoms with Crippen LogP contribution in [0.1, 0.15) is 54.2 Å². The van der Waals surface area contributed by atoms with Gasteiger partial charge in [0.25, 0.3) is 5.91 Å². The first-order valence-electron chi connectivity index (χ1n) is 8.58. The third-order valence-corrected chi connectivity index (χ3v) is 5.40. The molecule has 0 spiro atoms. The highest BCUT2D eigenvalue weighted by Gasteiger charge is 2.23. The highest BCUT2D eigenvalue weighted by Crippen LogP contribution is 2.32. The predicted octanol–water partition coefficient (Wildman–Crippen LogP) is 1.87. The molecule has 0 radical (unpaired) electrons. The third kappa shape index (κ3) is 4.16. The Morgan fingerprint density at radius 1 is 1.19 bits per heavy atom. The van der Waals surface area contributed by atoms with Gasteiger partial charge in [0.1, 0.15) is 0 Å². The van der Waals surface area contributed by atoms with Crippen molar-refractivity contribution in [2.45, 2.75) is 43.2 Å². The maximum absolute atomic E-state index is 12.2. The molecule has 1 fully saturated rings. The van der Waals surface area contributed by atoms with E-state index < -0.39 is 5.91 Å². The van der Waals surface area contributed by atoms with Crippen molar-refractivity contribution in [2.75, 3.05) is 16.9 Å². The molecule has 5 N–H and O–H groups in total. The number of anilines is 1. The van der Waals surface area contributed by atoms with Gasteiger partial charge in [-0.1, -0.05) is 43.2 Å². The Morgan fingerprint density at radius 3 is 2.65 bits per heavy atom. The largest absolute Gasteiger partial charge is 0.366 e. The van der Waals surface area contributed by atoms with E-state index in [2.05, 4.69) is 15.5 Å². The van der Waals surface area contributed by atoms with Crippen LogP contribution >= 0.6 is 11.8 Å². The molecule has 3 rings (SSSR count).